The highest BCUT2D eigenvalue weighted by molar-refractivity contribution is 5.31. The van der Waals surface area contributed by atoms with Crippen LogP contribution in [-0.2, 0) is 0 Å². The SMILES string of the molecule is COc1ccc(OCCNCC(C)O)cc1. The molecule has 0 fully saturated rings. The summed E-state index contributed by atoms with van der Waals surface area (Å²) >= 11 is 0. The lowest BCUT2D eigenvalue weighted by atomic mass is 10.3. The molecule has 1 aromatic carbocycles. The molecule has 1 rings (SSSR count). The summed E-state index contributed by atoms with van der Waals surface area (Å²) in [6.07, 6.45) is -0.319. The standard InChI is InChI=1S/C12H19NO3/c1-10(14)9-13-7-8-16-12-5-3-11(15-2)4-6-12/h3-6,10,13-14H,7-9H2,1-2H3. The van der Waals surface area contributed by atoms with Crippen LogP contribution >= 0.6 is 0 Å². The zero-order chi connectivity index (χ0) is 11.8. The average molecular weight is 225 g/mol. The van der Waals surface area contributed by atoms with Crippen molar-refractivity contribution in [2.45, 2.75) is 13.0 Å². The van der Waals surface area contributed by atoms with E-state index in [4.69, 9.17) is 14.6 Å². The molecule has 16 heavy (non-hydrogen) atoms. The lowest BCUT2D eigenvalue weighted by Crippen LogP contribution is -2.28. The predicted octanol–water partition coefficient (Wildman–Crippen LogP) is 1.04. The molecule has 0 aliphatic heterocycles. The van der Waals surface area contributed by atoms with Crippen LogP contribution < -0.4 is 14.8 Å². The maximum atomic E-state index is 9.01. The van der Waals surface area contributed by atoms with Gasteiger partial charge in [-0.2, -0.15) is 0 Å². The molecule has 0 bridgehead atoms. The Hall–Kier alpha value is -1.26. The number of methoxy groups -OCH3 is 1. The van der Waals surface area contributed by atoms with Crippen LogP contribution in [0.4, 0.5) is 0 Å². The van der Waals surface area contributed by atoms with Gasteiger partial charge >= 0.3 is 0 Å². The van der Waals surface area contributed by atoms with Gasteiger partial charge in [-0.1, -0.05) is 0 Å². The van der Waals surface area contributed by atoms with E-state index in [-0.39, 0.29) is 6.10 Å². The third-order valence-electron chi connectivity index (χ3n) is 2.05. The summed E-state index contributed by atoms with van der Waals surface area (Å²) in [4.78, 5) is 0. The van der Waals surface area contributed by atoms with Gasteiger partial charge in [0, 0.05) is 13.1 Å². The van der Waals surface area contributed by atoms with Gasteiger partial charge in [-0.15, -0.1) is 0 Å². The van der Waals surface area contributed by atoms with Crippen LogP contribution in [0.15, 0.2) is 24.3 Å². The third kappa shape index (κ3) is 5.00. The first-order valence-electron chi connectivity index (χ1n) is 5.38. The summed E-state index contributed by atoms with van der Waals surface area (Å²) < 4.78 is 10.5. The van der Waals surface area contributed by atoms with Crippen molar-refractivity contribution >= 4 is 0 Å². The first-order chi connectivity index (χ1) is 7.72. The summed E-state index contributed by atoms with van der Waals surface area (Å²) in [5.74, 6) is 1.64. The van der Waals surface area contributed by atoms with Crippen molar-refractivity contribution in [2.24, 2.45) is 0 Å². The highest BCUT2D eigenvalue weighted by Crippen LogP contribution is 2.16. The van der Waals surface area contributed by atoms with E-state index in [0.29, 0.717) is 13.2 Å². The number of hydrogen-bond acceptors (Lipinski definition) is 4. The molecular formula is C12H19NO3. The van der Waals surface area contributed by atoms with Crippen molar-refractivity contribution < 1.29 is 14.6 Å². The van der Waals surface area contributed by atoms with Crippen LogP contribution in [0, 0.1) is 0 Å². The molecule has 1 unspecified atom stereocenters. The molecule has 4 nitrogen and oxygen atoms in total. The Bertz CT molecular complexity index is 285. The molecule has 0 saturated heterocycles. The number of ether oxygens (including phenoxy) is 2. The van der Waals surface area contributed by atoms with Crippen LogP contribution in [0.1, 0.15) is 6.92 Å². The maximum Gasteiger partial charge on any atom is 0.119 e. The van der Waals surface area contributed by atoms with E-state index >= 15 is 0 Å². The van der Waals surface area contributed by atoms with Crippen LogP contribution in [0.25, 0.3) is 0 Å². The molecule has 0 aliphatic rings. The molecule has 0 spiro atoms. The smallest absolute Gasteiger partial charge is 0.119 e. The number of aliphatic hydroxyl groups is 1. The predicted molar refractivity (Wildman–Crippen MR) is 63.0 cm³/mol. The fourth-order valence-electron chi connectivity index (χ4n) is 1.22. The number of benzene rings is 1. The lowest BCUT2D eigenvalue weighted by molar-refractivity contribution is 0.188. The fourth-order valence-corrected chi connectivity index (χ4v) is 1.22. The zero-order valence-corrected chi connectivity index (χ0v) is 9.77. The van der Waals surface area contributed by atoms with Gasteiger partial charge < -0.3 is 19.9 Å². The zero-order valence-electron chi connectivity index (χ0n) is 9.77. The van der Waals surface area contributed by atoms with Gasteiger partial charge in [-0.05, 0) is 31.2 Å². The molecule has 0 saturated carbocycles. The van der Waals surface area contributed by atoms with Crippen molar-refractivity contribution in [1.29, 1.82) is 0 Å². The van der Waals surface area contributed by atoms with Crippen LogP contribution in [-0.4, -0.2) is 38.0 Å². The van der Waals surface area contributed by atoms with Gasteiger partial charge in [0.1, 0.15) is 18.1 Å². The van der Waals surface area contributed by atoms with Gasteiger partial charge in [-0.3, -0.25) is 0 Å². The summed E-state index contributed by atoms with van der Waals surface area (Å²) in [6.45, 7) is 3.64. The Morgan fingerprint density at radius 1 is 1.25 bits per heavy atom. The van der Waals surface area contributed by atoms with E-state index in [2.05, 4.69) is 5.32 Å². The van der Waals surface area contributed by atoms with Crippen molar-refractivity contribution in [2.75, 3.05) is 26.8 Å². The third-order valence-corrected chi connectivity index (χ3v) is 2.05. The fraction of sp³-hybridized carbons (Fsp3) is 0.500. The summed E-state index contributed by atoms with van der Waals surface area (Å²) in [5.41, 5.74) is 0. The Labute approximate surface area is 96.2 Å². The Kier molecular flexibility index (Phi) is 5.67. The first-order valence-corrected chi connectivity index (χ1v) is 5.38. The van der Waals surface area contributed by atoms with Crippen molar-refractivity contribution in [3.8, 4) is 11.5 Å². The first kappa shape index (κ1) is 12.8. The summed E-state index contributed by atoms with van der Waals surface area (Å²) in [6, 6.07) is 7.46. The average Bonchev–Trinajstić information content (AvgIpc) is 2.29. The maximum absolute atomic E-state index is 9.01. The summed E-state index contributed by atoms with van der Waals surface area (Å²) in [5, 5.41) is 12.1. The van der Waals surface area contributed by atoms with Crippen LogP contribution in [0.3, 0.4) is 0 Å². The minimum Gasteiger partial charge on any atom is -0.497 e. The quantitative estimate of drug-likeness (QED) is 0.681. The van der Waals surface area contributed by atoms with Crippen LogP contribution in [0.5, 0.6) is 11.5 Å². The molecular weight excluding hydrogens is 206 g/mol. The molecule has 0 radical (unpaired) electrons. The van der Waals surface area contributed by atoms with Crippen molar-refractivity contribution in [3.05, 3.63) is 24.3 Å². The second kappa shape index (κ2) is 7.09. The van der Waals surface area contributed by atoms with Crippen LogP contribution in [0.2, 0.25) is 0 Å². The van der Waals surface area contributed by atoms with E-state index in [1.54, 1.807) is 14.0 Å². The topological polar surface area (TPSA) is 50.7 Å². The van der Waals surface area contributed by atoms with Crippen molar-refractivity contribution in [3.63, 3.8) is 0 Å². The molecule has 0 amide bonds. The van der Waals surface area contributed by atoms with Gasteiger partial charge in [0.25, 0.3) is 0 Å². The molecule has 4 heteroatoms. The molecule has 0 aromatic heterocycles. The van der Waals surface area contributed by atoms with E-state index < -0.39 is 0 Å². The van der Waals surface area contributed by atoms with Crippen molar-refractivity contribution in [1.82, 2.24) is 5.32 Å². The van der Waals surface area contributed by atoms with Gasteiger partial charge in [0.05, 0.1) is 13.2 Å². The highest BCUT2D eigenvalue weighted by atomic mass is 16.5. The highest BCUT2D eigenvalue weighted by Gasteiger charge is 1.96. The van der Waals surface area contributed by atoms with Gasteiger partial charge in [0.15, 0.2) is 0 Å². The Morgan fingerprint density at radius 2 is 1.88 bits per heavy atom. The molecule has 90 valence electrons. The molecule has 0 aliphatic carbocycles. The number of aliphatic hydroxyl groups excluding tert-OH is 1. The normalized spacial score (nSPS) is 12.2. The lowest BCUT2D eigenvalue weighted by Gasteiger charge is -2.09. The Balaban J connectivity index is 2.16. The van der Waals surface area contributed by atoms with E-state index in [1.807, 2.05) is 24.3 Å². The number of nitrogens with one attached hydrogen (secondary N) is 1. The Morgan fingerprint density at radius 3 is 2.44 bits per heavy atom. The second-order valence-corrected chi connectivity index (χ2v) is 3.58. The number of rotatable bonds is 7. The summed E-state index contributed by atoms with van der Waals surface area (Å²) in [7, 11) is 1.63. The van der Waals surface area contributed by atoms with Gasteiger partial charge in [0.2, 0.25) is 0 Å². The van der Waals surface area contributed by atoms with E-state index in [1.165, 1.54) is 0 Å². The van der Waals surface area contributed by atoms with Gasteiger partial charge in [-0.25, -0.2) is 0 Å². The van der Waals surface area contributed by atoms with E-state index in [9.17, 15) is 0 Å². The largest absolute Gasteiger partial charge is 0.497 e. The minimum atomic E-state index is -0.319. The second-order valence-electron chi connectivity index (χ2n) is 3.58. The molecule has 2 N–H and O–H groups in total. The molecule has 1 atom stereocenters. The monoisotopic (exact) mass is 225 g/mol. The number of hydrogen-bond donors (Lipinski definition) is 2. The van der Waals surface area contributed by atoms with E-state index in [0.717, 1.165) is 18.0 Å². The molecule has 0 heterocycles. The minimum absolute atomic E-state index is 0.319. The molecule has 1 aromatic rings.